The van der Waals surface area contributed by atoms with Crippen LogP contribution >= 0.6 is 0 Å². The van der Waals surface area contributed by atoms with Crippen LogP contribution in [0.3, 0.4) is 0 Å². The van der Waals surface area contributed by atoms with Crippen LogP contribution in [0.25, 0.3) is 0 Å². The molecule has 1 aliphatic heterocycles. The first-order chi connectivity index (χ1) is 13.5. The molecule has 0 amide bonds. The Morgan fingerprint density at radius 2 is 1.52 bits per heavy atom. The van der Waals surface area contributed by atoms with Crippen molar-refractivity contribution in [3.63, 3.8) is 0 Å². The molecule has 0 N–H and O–H groups in total. The fraction of sp³-hybridized carbons (Fsp3) is 0.520. The summed E-state index contributed by atoms with van der Waals surface area (Å²) in [6.07, 6.45) is 0.266. The van der Waals surface area contributed by atoms with E-state index in [1.165, 1.54) is 10.0 Å². The van der Waals surface area contributed by atoms with Gasteiger partial charge in [0.15, 0.2) is 0 Å². The van der Waals surface area contributed by atoms with Crippen molar-refractivity contribution in [1.82, 2.24) is 0 Å². The van der Waals surface area contributed by atoms with E-state index in [9.17, 15) is 0 Å². The van der Waals surface area contributed by atoms with Crippen LogP contribution in [0.1, 0.15) is 46.3 Å². The summed E-state index contributed by atoms with van der Waals surface area (Å²) in [6, 6.07) is 21.6. The van der Waals surface area contributed by atoms with E-state index >= 15 is 0 Å². The predicted octanol–water partition coefficient (Wildman–Crippen LogP) is 5.99. The average Bonchev–Trinajstić information content (AvgIpc) is 2.65. The van der Waals surface area contributed by atoms with Crippen LogP contribution in [0.15, 0.2) is 60.7 Å². The molecule has 1 fully saturated rings. The van der Waals surface area contributed by atoms with E-state index in [1.54, 1.807) is 0 Å². The summed E-state index contributed by atoms with van der Waals surface area (Å²) in [5, 5.41) is 0.188. The molecular weight excluding hydrogens is 439 g/mol. The maximum absolute atomic E-state index is 7.17. The van der Waals surface area contributed by atoms with Crippen molar-refractivity contribution in [2.45, 2.75) is 69.8 Å². The first-order valence-corrected chi connectivity index (χ1v) is 15.3. The Kier molecular flexibility index (Phi) is 6.82. The Hall–Kier alpha value is -0.904. The van der Waals surface area contributed by atoms with E-state index in [1.807, 2.05) is 0 Å². The number of hydrogen-bond donors (Lipinski definition) is 0. The van der Waals surface area contributed by atoms with Crippen LogP contribution in [0.5, 0.6) is 0 Å². The van der Waals surface area contributed by atoms with Gasteiger partial charge in [-0.15, -0.1) is 0 Å². The van der Waals surface area contributed by atoms with Crippen LogP contribution in [0.2, 0.25) is 22.9 Å². The Bertz CT molecular complexity index is 783. The number of rotatable bonds is 5. The fourth-order valence-electron chi connectivity index (χ4n) is 3.51. The molecule has 158 valence electrons. The van der Waals surface area contributed by atoms with Gasteiger partial charge in [-0.25, -0.2) is 0 Å². The van der Waals surface area contributed by atoms with Gasteiger partial charge < -0.3 is 0 Å². The molecule has 2 nitrogen and oxygen atoms in total. The van der Waals surface area contributed by atoms with Gasteiger partial charge in [-0.2, -0.15) is 0 Å². The molecule has 3 atom stereocenters. The monoisotopic (exact) mass is 476 g/mol. The Balaban J connectivity index is 2.01. The molecule has 0 spiro atoms. The van der Waals surface area contributed by atoms with Gasteiger partial charge in [-0.05, 0) is 0 Å². The van der Waals surface area contributed by atoms with Gasteiger partial charge >= 0.3 is 185 Å². The molecule has 29 heavy (non-hydrogen) atoms. The molecule has 0 radical (unpaired) electrons. The van der Waals surface area contributed by atoms with Crippen LogP contribution in [-0.2, 0) is 9.16 Å². The fourth-order valence-corrected chi connectivity index (χ4v) is 8.41. The van der Waals surface area contributed by atoms with Gasteiger partial charge in [0.2, 0.25) is 0 Å². The first-order valence-electron chi connectivity index (χ1n) is 10.6. The normalized spacial score (nSPS) is 25.0. The number of hydrogen-bond acceptors (Lipinski definition) is 2. The summed E-state index contributed by atoms with van der Waals surface area (Å²) in [5.74, 6) is 0. The van der Waals surface area contributed by atoms with Crippen molar-refractivity contribution < 1.29 is 9.16 Å². The van der Waals surface area contributed by atoms with Gasteiger partial charge in [0.1, 0.15) is 0 Å². The summed E-state index contributed by atoms with van der Waals surface area (Å²) >= 11 is 0.256. The summed E-state index contributed by atoms with van der Waals surface area (Å²) in [5.41, 5.74) is 1.26. The van der Waals surface area contributed by atoms with Crippen molar-refractivity contribution >= 4 is 27.7 Å². The zero-order valence-electron chi connectivity index (χ0n) is 18.9. The van der Waals surface area contributed by atoms with E-state index in [0.717, 1.165) is 6.61 Å². The quantitative estimate of drug-likeness (QED) is 0.495. The second kappa shape index (κ2) is 8.68. The predicted molar refractivity (Wildman–Crippen MR) is 127 cm³/mol. The van der Waals surface area contributed by atoms with Crippen molar-refractivity contribution in [2.24, 2.45) is 5.41 Å². The SMILES string of the molecule is CC1(C)CO[C@@H](c2ccccc2)[C@H]([Se]c2ccccc2)[C@H]1O[Si](C)(C)C(C)(C)C. The zero-order valence-corrected chi connectivity index (χ0v) is 21.7. The molecule has 0 aliphatic carbocycles. The summed E-state index contributed by atoms with van der Waals surface area (Å²) in [4.78, 5) is 0.338. The average molecular weight is 476 g/mol. The molecule has 0 unspecified atom stereocenters. The van der Waals surface area contributed by atoms with Crippen molar-refractivity contribution in [3.05, 3.63) is 66.2 Å². The molecule has 1 saturated heterocycles. The molecule has 1 heterocycles. The van der Waals surface area contributed by atoms with Gasteiger partial charge in [0.25, 0.3) is 0 Å². The number of ether oxygens (including phenoxy) is 1. The van der Waals surface area contributed by atoms with Crippen LogP contribution in [-0.4, -0.2) is 36.0 Å². The summed E-state index contributed by atoms with van der Waals surface area (Å²) < 4.78 is 15.1. The third kappa shape index (κ3) is 5.23. The van der Waals surface area contributed by atoms with Crippen molar-refractivity contribution in [3.8, 4) is 0 Å². The Labute approximate surface area is 184 Å². The van der Waals surface area contributed by atoms with Crippen LogP contribution in [0.4, 0.5) is 0 Å². The molecule has 2 aromatic carbocycles. The maximum atomic E-state index is 7.17. The van der Waals surface area contributed by atoms with Gasteiger partial charge in [-0.3, -0.25) is 0 Å². The molecule has 0 bridgehead atoms. The van der Waals surface area contributed by atoms with Gasteiger partial charge in [0.05, 0.1) is 0 Å². The minimum atomic E-state index is -1.92. The molecular formula is C25H36O2SeSi. The van der Waals surface area contributed by atoms with Gasteiger partial charge in [-0.1, -0.05) is 0 Å². The topological polar surface area (TPSA) is 18.5 Å². The molecule has 0 saturated carbocycles. The molecule has 2 aromatic rings. The second-order valence-electron chi connectivity index (χ2n) is 10.3. The summed E-state index contributed by atoms with van der Waals surface area (Å²) in [7, 11) is -1.92. The van der Waals surface area contributed by atoms with Crippen LogP contribution in [0, 0.1) is 5.41 Å². The van der Waals surface area contributed by atoms with Crippen molar-refractivity contribution in [1.29, 1.82) is 0 Å². The molecule has 1 aliphatic rings. The molecule has 4 heteroatoms. The third-order valence-corrected chi connectivity index (χ3v) is 13.6. The Morgan fingerprint density at radius 3 is 2.07 bits per heavy atom. The standard InChI is InChI=1S/C25H36O2SeSi/c1-24(2,3)29(6,7)27-23-22(28-20-16-12-9-13-17-20)21(26-18-25(23,4)5)19-14-10-8-11-15-19/h8-17,21-23H,18H2,1-7H3/t21-,22-,23+/m0/s1. The second-order valence-corrected chi connectivity index (χ2v) is 17.7. The number of benzene rings is 2. The first kappa shape index (κ1) is 22.8. The van der Waals surface area contributed by atoms with E-state index in [-0.39, 0.29) is 37.6 Å². The minimum absolute atomic E-state index is 0.0119. The Morgan fingerprint density at radius 1 is 0.966 bits per heavy atom. The van der Waals surface area contributed by atoms with E-state index in [4.69, 9.17) is 9.16 Å². The molecule has 3 rings (SSSR count). The molecule has 0 aromatic heterocycles. The van der Waals surface area contributed by atoms with E-state index in [0.29, 0.717) is 4.82 Å². The third-order valence-electron chi connectivity index (χ3n) is 6.37. The summed E-state index contributed by atoms with van der Waals surface area (Å²) in [6.45, 7) is 17.1. The van der Waals surface area contributed by atoms with E-state index in [2.05, 4.69) is 108 Å². The van der Waals surface area contributed by atoms with E-state index < -0.39 is 8.32 Å². The van der Waals surface area contributed by atoms with Gasteiger partial charge in [0, 0.05) is 0 Å². The van der Waals surface area contributed by atoms with Crippen molar-refractivity contribution in [2.75, 3.05) is 6.61 Å². The van der Waals surface area contributed by atoms with Crippen LogP contribution < -0.4 is 4.46 Å². The zero-order chi connectivity index (χ0) is 21.3.